The average molecular weight is 270 g/mol. The highest BCUT2D eigenvalue weighted by molar-refractivity contribution is 6.36. The zero-order chi connectivity index (χ0) is 14.2. The molecular weight excluding hydrogens is 252 g/mol. The van der Waals surface area contributed by atoms with Gasteiger partial charge in [-0.05, 0) is 27.2 Å². The number of nitrogens with zero attached hydrogens (tertiary/aromatic N) is 2. The second-order valence-electron chi connectivity index (χ2n) is 5.75. The normalized spacial score (nSPS) is 26.3. The quantitative estimate of drug-likeness (QED) is 0.770. The zero-order valence-electron chi connectivity index (χ0n) is 11.3. The number of piperidine rings is 1. The predicted molar refractivity (Wildman–Crippen MR) is 65.9 cm³/mol. The van der Waals surface area contributed by atoms with E-state index >= 15 is 0 Å². The molecule has 1 amide bonds. The molecule has 0 aromatic carbocycles. The summed E-state index contributed by atoms with van der Waals surface area (Å²) < 4.78 is 5.28. The van der Waals surface area contributed by atoms with Crippen molar-refractivity contribution in [1.29, 1.82) is 0 Å². The van der Waals surface area contributed by atoms with Gasteiger partial charge in [-0.25, -0.2) is 9.59 Å². The van der Waals surface area contributed by atoms with Crippen LogP contribution >= 0.6 is 0 Å². The fourth-order valence-electron chi connectivity index (χ4n) is 2.22. The first-order chi connectivity index (χ1) is 8.78. The third-order valence-electron chi connectivity index (χ3n) is 3.07. The molecule has 0 bridgehead atoms. The smallest absolute Gasteiger partial charge is 0.410 e. The highest BCUT2D eigenvalue weighted by Crippen LogP contribution is 2.28. The van der Waals surface area contributed by atoms with Crippen molar-refractivity contribution >= 4 is 17.8 Å². The molecular formula is C12H18N2O5. The lowest BCUT2D eigenvalue weighted by Crippen LogP contribution is -2.49. The van der Waals surface area contributed by atoms with Crippen molar-refractivity contribution in [3.8, 4) is 0 Å². The fourth-order valence-corrected chi connectivity index (χ4v) is 2.22. The van der Waals surface area contributed by atoms with Crippen molar-refractivity contribution in [2.24, 2.45) is 11.1 Å². The van der Waals surface area contributed by atoms with Gasteiger partial charge in [-0.15, -0.1) is 0 Å². The molecule has 1 fully saturated rings. The van der Waals surface area contributed by atoms with E-state index in [2.05, 4.69) is 5.16 Å². The lowest BCUT2D eigenvalue weighted by Gasteiger charge is -2.34. The molecule has 0 saturated carbocycles. The monoisotopic (exact) mass is 270 g/mol. The number of aliphatic carboxylic acids is 1. The summed E-state index contributed by atoms with van der Waals surface area (Å²) in [4.78, 5) is 29.5. The Morgan fingerprint density at radius 1 is 1.47 bits per heavy atom. The number of carboxylic acids is 1. The van der Waals surface area contributed by atoms with Gasteiger partial charge in [0.15, 0.2) is 11.8 Å². The number of carbonyl (C=O) groups excluding carboxylic acids is 1. The molecule has 0 radical (unpaired) electrons. The molecule has 2 rings (SSSR count). The van der Waals surface area contributed by atoms with Crippen LogP contribution in [0, 0.1) is 5.92 Å². The van der Waals surface area contributed by atoms with Crippen molar-refractivity contribution in [2.75, 3.05) is 13.1 Å². The van der Waals surface area contributed by atoms with Crippen molar-refractivity contribution in [3.05, 3.63) is 0 Å². The summed E-state index contributed by atoms with van der Waals surface area (Å²) in [6.07, 6.45) is -0.264. The van der Waals surface area contributed by atoms with E-state index in [1.165, 1.54) is 4.90 Å². The number of ether oxygens (including phenoxy) is 1. The van der Waals surface area contributed by atoms with Crippen LogP contribution in [0.3, 0.4) is 0 Å². The standard InChI is InChI=1S/C12H18N2O5/c1-12(2,3)18-11(17)14-5-4-7-8(6-14)19-13-9(7)10(15)16/h7-8H,4-6H2,1-3H3,(H,15,16)/t7-,8-/m1/s1. The van der Waals surface area contributed by atoms with E-state index < -0.39 is 17.7 Å². The fraction of sp³-hybridized carbons (Fsp3) is 0.750. The van der Waals surface area contributed by atoms with Crippen LogP contribution in [0.1, 0.15) is 27.2 Å². The van der Waals surface area contributed by atoms with E-state index in [1.807, 2.05) is 0 Å². The van der Waals surface area contributed by atoms with Gasteiger partial charge < -0.3 is 19.6 Å². The Labute approximate surface area is 111 Å². The van der Waals surface area contributed by atoms with E-state index in [-0.39, 0.29) is 17.7 Å². The Hall–Kier alpha value is -1.79. The topological polar surface area (TPSA) is 88.4 Å². The Kier molecular flexibility index (Phi) is 3.38. The number of rotatable bonds is 1. The molecule has 7 nitrogen and oxygen atoms in total. The number of oxime groups is 1. The minimum Gasteiger partial charge on any atom is -0.477 e. The SMILES string of the molecule is CC(C)(C)OC(=O)N1CC[C@H]2C(C(=O)O)=NO[C@@H]2C1. The summed E-state index contributed by atoms with van der Waals surface area (Å²) >= 11 is 0. The summed E-state index contributed by atoms with van der Waals surface area (Å²) in [5.74, 6) is -1.30. The van der Waals surface area contributed by atoms with Crippen LogP contribution in [0.15, 0.2) is 5.16 Å². The van der Waals surface area contributed by atoms with E-state index in [4.69, 9.17) is 14.7 Å². The minimum atomic E-state index is -1.06. The van der Waals surface area contributed by atoms with Gasteiger partial charge in [0.2, 0.25) is 0 Å². The highest BCUT2D eigenvalue weighted by Gasteiger charge is 2.43. The third-order valence-corrected chi connectivity index (χ3v) is 3.07. The summed E-state index contributed by atoms with van der Waals surface area (Å²) in [6, 6.07) is 0. The third kappa shape index (κ3) is 2.97. The predicted octanol–water partition coefficient (Wildman–Crippen LogP) is 1.08. The van der Waals surface area contributed by atoms with Crippen LogP contribution < -0.4 is 0 Å². The van der Waals surface area contributed by atoms with Crippen molar-refractivity contribution in [2.45, 2.75) is 38.9 Å². The molecule has 0 unspecified atom stereocenters. The number of likely N-dealkylation sites (tertiary alicyclic amines) is 1. The molecule has 2 aliphatic heterocycles. The number of hydrogen-bond acceptors (Lipinski definition) is 5. The van der Waals surface area contributed by atoms with Gasteiger partial charge in [-0.3, -0.25) is 0 Å². The molecule has 2 aliphatic rings. The Morgan fingerprint density at radius 3 is 2.74 bits per heavy atom. The van der Waals surface area contributed by atoms with Gasteiger partial charge in [0.1, 0.15) is 5.60 Å². The molecule has 0 aliphatic carbocycles. The Bertz CT molecular complexity index is 426. The van der Waals surface area contributed by atoms with Crippen LogP contribution in [0.2, 0.25) is 0 Å². The molecule has 7 heteroatoms. The highest BCUT2D eigenvalue weighted by atomic mass is 16.6. The number of hydrogen-bond donors (Lipinski definition) is 1. The molecule has 1 N–H and O–H groups in total. The summed E-state index contributed by atoms with van der Waals surface area (Å²) in [5.41, 5.74) is -0.499. The summed E-state index contributed by atoms with van der Waals surface area (Å²) in [6.45, 7) is 6.16. The largest absolute Gasteiger partial charge is 0.477 e. The van der Waals surface area contributed by atoms with Crippen LogP contribution in [0.4, 0.5) is 4.79 Å². The van der Waals surface area contributed by atoms with Crippen molar-refractivity contribution in [1.82, 2.24) is 4.90 Å². The second-order valence-corrected chi connectivity index (χ2v) is 5.75. The first kappa shape index (κ1) is 13.6. The first-order valence-corrected chi connectivity index (χ1v) is 6.23. The molecule has 19 heavy (non-hydrogen) atoms. The van der Waals surface area contributed by atoms with Gasteiger partial charge in [0, 0.05) is 6.54 Å². The maximum absolute atomic E-state index is 11.9. The molecule has 1 saturated heterocycles. The molecule has 0 spiro atoms. The average Bonchev–Trinajstić information content (AvgIpc) is 2.68. The van der Waals surface area contributed by atoms with Crippen LogP contribution in [0.25, 0.3) is 0 Å². The van der Waals surface area contributed by atoms with E-state index in [9.17, 15) is 9.59 Å². The maximum Gasteiger partial charge on any atom is 0.410 e. The second kappa shape index (κ2) is 4.71. The van der Waals surface area contributed by atoms with Crippen LogP contribution in [0.5, 0.6) is 0 Å². The van der Waals surface area contributed by atoms with Gasteiger partial charge in [0.05, 0.1) is 12.5 Å². The minimum absolute atomic E-state index is 0.0499. The van der Waals surface area contributed by atoms with Crippen molar-refractivity contribution in [3.63, 3.8) is 0 Å². The Balaban J connectivity index is 1.95. The summed E-state index contributed by atoms with van der Waals surface area (Å²) in [7, 11) is 0. The number of carbonyl (C=O) groups is 2. The maximum atomic E-state index is 11.9. The number of amides is 1. The number of fused-ring (bicyclic) bond motifs is 1. The van der Waals surface area contributed by atoms with Gasteiger partial charge in [-0.2, -0.15) is 0 Å². The van der Waals surface area contributed by atoms with E-state index in [1.54, 1.807) is 20.8 Å². The van der Waals surface area contributed by atoms with Gasteiger partial charge in [0.25, 0.3) is 0 Å². The summed E-state index contributed by atoms with van der Waals surface area (Å²) in [5, 5.41) is 12.6. The van der Waals surface area contributed by atoms with Gasteiger partial charge in [-0.1, -0.05) is 5.16 Å². The molecule has 2 atom stereocenters. The van der Waals surface area contributed by atoms with E-state index in [0.29, 0.717) is 19.5 Å². The lowest BCUT2D eigenvalue weighted by atomic mass is 9.90. The zero-order valence-corrected chi connectivity index (χ0v) is 11.3. The lowest BCUT2D eigenvalue weighted by molar-refractivity contribution is -0.129. The molecule has 0 aromatic rings. The number of carboxylic acid groups (broad SMARTS) is 1. The van der Waals surface area contributed by atoms with E-state index in [0.717, 1.165) is 0 Å². The molecule has 2 heterocycles. The van der Waals surface area contributed by atoms with Crippen molar-refractivity contribution < 1.29 is 24.3 Å². The van der Waals surface area contributed by atoms with Crippen LogP contribution in [-0.4, -0.2) is 52.6 Å². The molecule has 0 aromatic heterocycles. The molecule has 106 valence electrons. The first-order valence-electron chi connectivity index (χ1n) is 6.23. The van der Waals surface area contributed by atoms with Gasteiger partial charge >= 0.3 is 12.1 Å². The van der Waals surface area contributed by atoms with Crippen LogP contribution in [-0.2, 0) is 14.4 Å². The Morgan fingerprint density at radius 2 is 2.16 bits per heavy atom.